The fourth-order valence-electron chi connectivity index (χ4n) is 3.57. The van der Waals surface area contributed by atoms with E-state index in [-0.39, 0.29) is 12.7 Å². The maximum absolute atomic E-state index is 9.71. The van der Waals surface area contributed by atoms with E-state index in [2.05, 4.69) is 5.16 Å². The van der Waals surface area contributed by atoms with E-state index in [1.807, 2.05) is 30.3 Å². The highest BCUT2D eigenvalue weighted by atomic mass is 16.7. The van der Waals surface area contributed by atoms with E-state index in [1.54, 1.807) is 14.2 Å². The third-order valence-electron chi connectivity index (χ3n) is 4.82. The van der Waals surface area contributed by atoms with Crippen LogP contribution in [-0.2, 0) is 6.42 Å². The molecule has 0 amide bonds. The van der Waals surface area contributed by atoms with Crippen molar-refractivity contribution in [2.75, 3.05) is 21.0 Å². The molecule has 6 nitrogen and oxygen atoms in total. The van der Waals surface area contributed by atoms with Crippen LogP contribution in [0.2, 0.25) is 0 Å². The fraction of sp³-hybridized carbons (Fsp3) is 0.316. The van der Waals surface area contributed by atoms with E-state index in [0.29, 0.717) is 23.0 Å². The summed E-state index contributed by atoms with van der Waals surface area (Å²) in [5.74, 6) is 2.74. The highest BCUT2D eigenvalue weighted by molar-refractivity contribution is 6.07. The van der Waals surface area contributed by atoms with Crippen molar-refractivity contribution < 1.29 is 24.2 Å². The summed E-state index contributed by atoms with van der Waals surface area (Å²) >= 11 is 0. The first-order valence-electron chi connectivity index (χ1n) is 8.12. The second-order valence-electron chi connectivity index (χ2n) is 6.05. The Morgan fingerprint density at radius 1 is 1.04 bits per heavy atom. The smallest absolute Gasteiger partial charge is 0.231 e. The Balaban J connectivity index is 1.75. The quantitative estimate of drug-likeness (QED) is 0.685. The van der Waals surface area contributed by atoms with Gasteiger partial charge in [-0.15, -0.1) is 0 Å². The monoisotopic (exact) mass is 341 g/mol. The van der Waals surface area contributed by atoms with Crippen LogP contribution in [0, 0.1) is 0 Å². The number of hydrogen-bond donors (Lipinski definition) is 1. The predicted molar refractivity (Wildman–Crippen MR) is 91.5 cm³/mol. The third kappa shape index (κ3) is 2.54. The standard InChI is InChI=1S/C19H19NO5/c1-22-15-6-4-11(7-16(15)23-2)13-5-3-12-8-17-18(25-10-24-17)9-14(12)19(13)20-21/h4,6-9,13,21H,3,5,10H2,1-2H3/b20-19-/t13-/m0/s1. The number of aryl methyl sites for hydroxylation is 1. The van der Waals surface area contributed by atoms with E-state index in [0.717, 1.165) is 35.3 Å². The fourth-order valence-corrected chi connectivity index (χ4v) is 3.57. The molecule has 1 atom stereocenters. The molecule has 1 aliphatic heterocycles. The number of oxime groups is 1. The topological polar surface area (TPSA) is 69.5 Å². The lowest BCUT2D eigenvalue weighted by Gasteiger charge is -2.26. The Bertz CT molecular complexity index is 846. The molecule has 1 N–H and O–H groups in total. The highest BCUT2D eigenvalue weighted by Crippen LogP contribution is 2.42. The summed E-state index contributed by atoms with van der Waals surface area (Å²) in [4.78, 5) is 0. The van der Waals surface area contributed by atoms with E-state index >= 15 is 0 Å². The molecule has 0 bridgehead atoms. The van der Waals surface area contributed by atoms with Gasteiger partial charge in [-0.25, -0.2) is 0 Å². The largest absolute Gasteiger partial charge is 0.493 e. The van der Waals surface area contributed by atoms with Crippen LogP contribution in [0.3, 0.4) is 0 Å². The zero-order chi connectivity index (χ0) is 17.4. The molecular weight excluding hydrogens is 322 g/mol. The highest BCUT2D eigenvalue weighted by Gasteiger charge is 2.30. The summed E-state index contributed by atoms with van der Waals surface area (Å²) in [5, 5.41) is 13.3. The van der Waals surface area contributed by atoms with E-state index in [4.69, 9.17) is 18.9 Å². The molecule has 130 valence electrons. The van der Waals surface area contributed by atoms with Crippen LogP contribution in [-0.4, -0.2) is 31.9 Å². The molecule has 0 fully saturated rings. The number of ether oxygens (including phenoxy) is 4. The van der Waals surface area contributed by atoms with Crippen molar-refractivity contribution in [2.24, 2.45) is 5.16 Å². The molecule has 0 saturated heterocycles. The third-order valence-corrected chi connectivity index (χ3v) is 4.82. The first-order valence-corrected chi connectivity index (χ1v) is 8.12. The van der Waals surface area contributed by atoms with Crippen LogP contribution in [0.25, 0.3) is 0 Å². The predicted octanol–water partition coefficient (Wildman–Crippen LogP) is 3.34. The SMILES string of the molecule is COc1ccc([C@@H]2CCc3cc4c(cc3/C2=N\O)OCO4)cc1OC. The second-order valence-corrected chi connectivity index (χ2v) is 6.05. The molecule has 0 radical (unpaired) electrons. The lowest BCUT2D eigenvalue weighted by molar-refractivity contribution is 0.174. The molecule has 2 aromatic carbocycles. The first kappa shape index (κ1) is 15.6. The minimum absolute atomic E-state index is 0.0299. The number of hydrogen-bond acceptors (Lipinski definition) is 6. The van der Waals surface area contributed by atoms with E-state index in [9.17, 15) is 5.21 Å². The van der Waals surface area contributed by atoms with Crippen LogP contribution >= 0.6 is 0 Å². The van der Waals surface area contributed by atoms with Gasteiger partial charge in [0.05, 0.1) is 19.9 Å². The maximum atomic E-state index is 9.71. The number of rotatable bonds is 3. The van der Waals surface area contributed by atoms with Crippen molar-refractivity contribution in [3.63, 3.8) is 0 Å². The van der Waals surface area contributed by atoms with E-state index < -0.39 is 0 Å². The van der Waals surface area contributed by atoms with Gasteiger partial charge in [-0.05, 0) is 48.2 Å². The van der Waals surface area contributed by atoms with Gasteiger partial charge in [0, 0.05) is 11.5 Å². The van der Waals surface area contributed by atoms with Gasteiger partial charge < -0.3 is 24.2 Å². The Hall–Kier alpha value is -2.89. The maximum Gasteiger partial charge on any atom is 0.231 e. The van der Waals surface area contributed by atoms with Gasteiger partial charge in [0.2, 0.25) is 6.79 Å². The van der Waals surface area contributed by atoms with E-state index in [1.165, 1.54) is 0 Å². The van der Waals surface area contributed by atoms with Crippen molar-refractivity contribution in [1.29, 1.82) is 0 Å². The first-order chi connectivity index (χ1) is 12.2. The van der Waals surface area contributed by atoms with Crippen molar-refractivity contribution in [2.45, 2.75) is 18.8 Å². The van der Waals surface area contributed by atoms with Gasteiger partial charge in [0.25, 0.3) is 0 Å². The molecule has 1 heterocycles. The number of methoxy groups -OCH3 is 2. The number of nitrogens with zero attached hydrogens (tertiary/aromatic N) is 1. The average molecular weight is 341 g/mol. The average Bonchev–Trinajstić information content (AvgIpc) is 3.12. The summed E-state index contributed by atoms with van der Waals surface area (Å²) in [5.41, 5.74) is 3.66. The van der Waals surface area contributed by atoms with Gasteiger partial charge in [0.15, 0.2) is 23.0 Å². The molecule has 0 spiro atoms. The Morgan fingerprint density at radius 3 is 2.52 bits per heavy atom. The van der Waals surface area contributed by atoms with Gasteiger partial charge in [-0.1, -0.05) is 11.2 Å². The molecule has 25 heavy (non-hydrogen) atoms. The van der Waals surface area contributed by atoms with Gasteiger partial charge in [0.1, 0.15) is 0 Å². The number of benzene rings is 2. The summed E-state index contributed by atoms with van der Waals surface area (Å²) in [6.45, 7) is 0.225. The number of fused-ring (bicyclic) bond motifs is 2. The van der Waals surface area contributed by atoms with Crippen molar-refractivity contribution >= 4 is 5.71 Å². The van der Waals surface area contributed by atoms with Gasteiger partial charge in [-0.3, -0.25) is 0 Å². The Labute approximate surface area is 145 Å². The normalized spacial score (nSPS) is 19.6. The van der Waals surface area contributed by atoms with Crippen LogP contribution in [0.15, 0.2) is 35.5 Å². The van der Waals surface area contributed by atoms with Crippen LogP contribution in [0.1, 0.15) is 29.0 Å². The minimum atomic E-state index is -0.0299. The van der Waals surface area contributed by atoms with Crippen LogP contribution in [0.5, 0.6) is 23.0 Å². The Morgan fingerprint density at radius 2 is 1.80 bits per heavy atom. The summed E-state index contributed by atoms with van der Waals surface area (Å²) in [6.07, 6.45) is 1.70. The summed E-state index contributed by atoms with van der Waals surface area (Å²) in [7, 11) is 3.22. The molecule has 0 aromatic heterocycles. The molecule has 4 rings (SSSR count). The lowest BCUT2D eigenvalue weighted by atomic mass is 9.78. The molecule has 0 unspecified atom stereocenters. The molecule has 0 saturated carbocycles. The van der Waals surface area contributed by atoms with Crippen LogP contribution < -0.4 is 18.9 Å². The molecule has 2 aromatic rings. The van der Waals surface area contributed by atoms with Crippen molar-refractivity contribution in [1.82, 2.24) is 0 Å². The van der Waals surface area contributed by atoms with Crippen LogP contribution in [0.4, 0.5) is 0 Å². The summed E-state index contributed by atoms with van der Waals surface area (Å²) in [6, 6.07) is 9.67. The second kappa shape index (κ2) is 6.20. The minimum Gasteiger partial charge on any atom is -0.493 e. The van der Waals surface area contributed by atoms with Crippen molar-refractivity contribution in [3.8, 4) is 23.0 Å². The van der Waals surface area contributed by atoms with Crippen molar-refractivity contribution in [3.05, 3.63) is 47.0 Å². The molecule has 1 aliphatic carbocycles. The summed E-state index contributed by atoms with van der Waals surface area (Å²) < 4.78 is 21.6. The Kier molecular flexibility index (Phi) is 3.87. The van der Waals surface area contributed by atoms with Gasteiger partial charge >= 0.3 is 0 Å². The lowest BCUT2D eigenvalue weighted by Crippen LogP contribution is -2.22. The zero-order valence-corrected chi connectivity index (χ0v) is 14.1. The van der Waals surface area contributed by atoms with Gasteiger partial charge in [-0.2, -0.15) is 0 Å². The molecule has 6 heteroatoms. The molecular formula is C19H19NO5. The zero-order valence-electron chi connectivity index (χ0n) is 14.1. The molecule has 2 aliphatic rings.